The van der Waals surface area contributed by atoms with Gasteiger partial charge in [-0.3, -0.25) is 9.80 Å². The summed E-state index contributed by atoms with van der Waals surface area (Å²) < 4.78 is 13.8. The first-order valence-corrected chi connectivity index (χ1v) is 19.2. The van der Waals surface area contributed by atoms with Crippen LogP contribution in [-0.4, -0.2) is 107 Å². The molecule has 13 heteroatoms. The summed E-state index contributed by atoms with van der Waals surface area (Å²) in [6.07, 6.45) is 9.66. The summed E-state index contributed by atoms with van der Waals surface area (Å²) >= 11 is 1.90. The van der Waals surface area contributed by atoms with Crippen LogP contribution in [0.4, 0.5) is 0 Å². The number of unbranched alkanes of at least 4 members (excludes halogenated alkanes) is 1. The van der Waals surface area contributed by atoms with Crippen molar-refractivity contribution in [3.8, 4) is 21.9 Å². The van der Waals surface area contributed by atoms with Crippen LogP contribution in [0.3, 0.4) is 0 Å². The molecule has 0 radical (unpaired) electrons. The monoisotopic (exact) mass is 762 g/mol. The lowest BCUT2D eigenvalue weighted by atomic mass is 9.96. The van der Waals surface area contributed by atoms with E-state index in [1.165, 1.54) is 102 Å². The molecule has 0 spiro atoms. The smallest absolute Gasteiger partial charge is 0.414 e. The van der Waals surface area contributed by atoms with E-state index in [1.807, 2.05) is 11.3 Å². The molecule has 0 atom stereocenters. The standard InChI is InChI=1S/C37H46N2O2S.2C2H2O4/c1-2-3-10-31-27-29(13-18-35(31)41-26-24-39-21-8-9-22-39)28-34-33-11-4-5-12-36(33)42-37(34)30-14-16-32(17-15-30)40-25-23-38-19-6-7-20-38;2*3-1(4)2(5)6/h4-5,11-18,27H,2-3,6-10,19-26,28H2,1H3;2*(H,3,4)(H,5,6). The van der Waals surface area contributed by atoms with E-state index in [0.29, 0.717) is 0 Å². The number of carboxylic acid groups (broad SMARTS) is 4. The van der Waals surface area contributed by atoms with Crippen LogP contribution in [0.5, 0.6) is 11.5 Å². The van der Waals surface area contributed by atoms with Crippen molar-refractivity contribution >= 4 is 45.3 Å². The number of likely N-dealkylation sites (tertiary alicyclic amines) is 2. The number of ether oxygens (including phenoxy) is 2. The molecular weight excluding hydrogens is 713 g/mol. The molecule has 0 saturated carbocycles. The Labute approximate surface area is 319 Å². The Morgan fingerprint density at radius 2 is 1.26 bits per heavy atom. The molecule has 0 amide bonds. The van der Waals surface area contributed by atoms with Gasteiger partial charge in [-0.1, -0.05) is 43.7 Å². The van der Waals surface area contributed by atoms with E-state index >= 15 is 0 Å². The SMILES string of the molecule is CCCCc1cc(Cc2c(-c3ccc(OCCN4CCCC4)cc3)sc3ccccc23)ccc1OCCN1CCCC1.O=C(O)C(=O)O.O=C(O)C(=O)O. The molecule has 290 valence electrons. The number of rotatable bonds is 14. The molecule has 0 aliphatic carbocycles. The lowest BCUT2D eigenvalue weighted by molar-refractivity contribution is -0.159. The Morgan fingerprint density at radius 3 is 1.81 bits per heavy atom. The number of aliphatic carboxylic acids is 4. The molecule has 2 saturated heterocycles. The van der Waals surface area contributed by atoms with Gasteiger partial charge in [-0.05, 0) is 135 Å². The van der Waals surface area contributed by atoms with Gasteiger partial charge < -0.3 is 29.9 Å². The molecule has 54 heavy (non-hydrogen) atoms. The van der Waals surface area contributed by atoms with Crippen molar-refractivity contribution in [2.24, 2.45) is 0 Å². The number of hydrogen-bond acceptors (Lipinski definition) is 9. The van der Waals surface area contributed by atoms with E-state index in [2.05, 4.69) is 83.5 Å². The zero-order chi connectivity index (χ0) is 38.9. The molecule has 4 aromatic rings. The molecule has 2 aliphatic heterocycles. The summed E-state index contributed by atoms with van der Waals surface area (Å²) in [7, 11) is 0. The molecule has 1 aromatic heterocycles. The summed E-state index contributed by atoms with van der Waals surface area (Å²) in [4.78, 5) is 42.8. The maximum atomic E-state index is 9.10. The van der Waals surface area contributed by atoms with E-state index < -0.39 is 23.9 Å². The molecule has 12 nitrogen and oxygen atoms in total. The van der Waals surface area contributed by atoms with Crippen LogP contribution in [0.25, 0.3) is 20.5 Å². The predicted molar refractivity (Wildman–Crippen MR) is 208 cm³/mol. The minimum absolute atomic E-state index is 0.756. The molecule has 3 aromatic carbocycles. The Balaban J connectivity index is 0.000000470. The van der Waals surface area contributed by atoms with Crippen molar-refractivity contribution in [1.82, 2.24) is 9.80 Å². The first-order valence-electron chi connectivity index (χ1n) is 18.4. The second-order valence-electron chi connectivity index (χ2n) is 13.2. The van der Waals surface area contributed by atoms with Gasteiger partial charge >= 0.3 is 23.9 Å². The van der Waals surface area contributed by atoms with Crippen molar-refractivity contribution < 1.29 is 49.1 Å². The highest BCUT2D eigenvalue weighted by Crippen LogP contribution is 2.40. The van der Waals surface area contributed by atoms with Gasteiger partial charge in [0.1, 0.15) is 24.7 Å². The van der Waals surface area contributed by atoms with Gasteiger partial charge in [0.2, 0.25) is 0 Å². The molecule has 0 unspecified atom stereocenters. The van der Waals surface area contributed by atoms with E-state index in [1.54, 1.807) is 0 Å². The van der Waals surface area contributed by atoms with Gasteiger partial charge in [0.05, 0.1) is 0 Å². The van der Waals surface area contributed by atoms with Crippen molar-refractivity contribution in [1.29, 1.82) is 0 Å². The van der Waals surface area contributed by atoms with Crippen molar-refractivity contribution in [3.63, 3.8) is 0 Å². The van der Waals surface area contributed by atoms with Crippen LogP contribution in [0.15, 0.2) is 66.7 Å². The van der Waals surface area contributed by atoms with Crippen LogP contribution in [0.1, 0.15) is 62.1 Å². The van der Waals surface area contributed by atoms with Crippen LogP contribution in [0.2, 0.25) is 0 Å². The first kappa shape index (κ1) is 41.8. The fraction of sp³-hybridized carbons (Fsp3) is 0.415. The minimum atomic E-state index is -1.82. The Hall–Kier alpha value is -4.98. The van der Waals surface area contributed by atoms with Crippen LogP contribution < -0.4 is 9.47 Å². The Morgan fingerprint density at radius 1 is 0.704 bits per heavy atom. The molecule has 4 N–H and O–H groups in total. The summed E-state index contributed by atoms with van der Waals surface area (Å²) in [5, 5.41) is 30.9. The number of aryl methyl sites for hydroxylation is 1. The fourth-order valence-electron chi connectivity index (χ4n) is 6.45. The zero-order valence-corrected chi connectivity index (χ0v) is 31.5. The van der Waals surface area contributed by atoms with Crippen molar-refractivity contribution in [2.75, 3.05) is 52.5 Å². The zero-order valence-electron chi connectivity index (χ0n) is 30.7. The summed E-state index contributed by atoms with van der Waals surface area (Å²) in [5.74, 6) is -5.27. The maximum Gasteiger partial charge on any atom is 0.414 e. The molecule has 3 heterocycles. The number of hydrogen-bond donors (Lipinski definition) is 4. The van der Waals surface area contributed by atoms with Crippen LogP contribution in [-0.2, 0) is 32.0 Å². The highest BCUT2D eigenvalue weighted by molar-refractivity contribution is 7.22. The van der Waals surface area contributed by atoms with E-state index in [4.69, 9.17) is 49.1 Å². The van der Waals surface area contributed by atoms with E-state index in [-0.39, 0.29) is 0 Å². The molecule has 2 aliphatic rings. The quantitative estimate of drug-likeness (QED) is 0.0996. The van der Waals surface area contributed by atoms with Gasteiger partial charge in [-0.15, -0.1) is 11.3 Å². The van der Waals surface area contributed by atoms with E-state index in [0.717, 1.165) is 50.6 Å². The van der Waals surface area contributed by atoms with Gasteiger partial charge in [0.25, 0.3) is 0 Å². The fourth-order valence-corrected chi connectivity index (χ4v) is 7.68. The highest BCUT2D eigenvalue weighted by atomic mass is 32.1. The third-order valence-electron chi connectivity index (χ3n) is 9.22. The normalized spacial score (nSPS) is 14.1. The lowest BCUT2D eigenvalue weighted by Crippen LogP contribution is -2.25. The third kappa shape index (κ3) is 13.2. The molecule has 0 bridgehead atoms. The van der Waals surface area contributed by atoms with Gasteiger partial charge in [-0.25, -0.2) is 19.2 Å². The summed E-state index contributed by atoms with van der Waals surface area (Å²) in [6, 6.07) is 24.6. The number of thiophene rings is 1. The highest BCUT2D eigenvalue weighted by Gasteiger charge is 2.17. The maximum absolute atomic E-state index is 9.10. The van der Waals surface area contributed by atoms with Gasteiger partial charge in [0, 0.05) is 22.7 Å². The minimum Gasteiger partial charge on any atom is -0.492 e. The Kier molecular flexibility index (Phi) is 16.8. The predicted octanol–water partition coefficient (Wildman–Crippen LogP) is 6.76. The average molecular weight is 763 g/mol. The topological polar surface area (TPSA) is 174 Å². The van der Waals surface area contributed by atoms with E-state index in [9.17, 15) is 0 Å². The van der Waals surface area contributed by atoms with Gasteiger partial charge in [-0.2, -0.15) is 0 Å². The van der Waals surface area contributed by atoms with Crippen molar-refractivity contribution in [2.45, 2.75) is 58.3 Å². The van der Waals surface area contributed by atoms with Crippen LogP contribution in [0, 0.1) is 0 Å². The van der Waals surface area contributed by atoms with Gasteiger partial charge in [0.15, 0.2) is 0 Å². The number of carbonyl (C=O) groups is 4. The number of carboxylic acids is 4. The lowest BCUT2D eigenvalue weighted by Gasteiger charge is -2.17. The number of benzene rings is 3. The first-order chi connectivity index (χ1) is 26.0. The van der Waals surface area contributed by atoms with Crippen molar-refractivity contribution in [3.05, 3.63) is 83.4 Å². The summed E-state index contributed by atoms with van der Waals surface area (Å²) in [5.41, 5.74) is 5.40. The molecule has 6 rings (SSSR count). The third-order valence-corrected chi connectivity index (χ3v) is 10.5. The molecule has 2 fully saturated rings. The molecular formula is C41H50N2O10S. The Bertz CT molecular complexity index is 1780. The number of fused-ring (bicyclic) bond motifs is 1. The second kappa shape index (κ2) is 21.7. The largest absolute Gasteiger partial charge is 0.492 e. The van der Waals surface area contributed by atoms with Crippen LogP contribution >= 0.6 is 11.3 Å². The summed E-state index contributed by atoms with van der Waals surface area (Å²) in [6.45, 7) is 10.7. The second-order valence-corrected chi connectivity index (χ2v) is 14.2. The number of nitrogens with zero attached hydrogens (tertiary/aromatic N) is 2. The average Bonchev–Trinajstić information content (AvgIpc) is 3.95.